The first-order valence-electron chi connectivity index (χ1n) is 12.2. The summed E-state index contributed by atoms with van der Waals surface area (Å²) in [5, 5.41) is 18.9. The van der Waals surface area contributed by atoms with Crippen LogP contribution in [0.15, 0.2) is 0 Å². The zero-order chi connectivity index (χ0) is 23.3. The van der Waals surface area contributed by atoms with Crippen LogP contribution in [0.3, 0.4) is 0 Å². The Bertz CT molecular complexity index is 656. The van der Waals surface area contributed by atoms with Crippen LogP contribution in [0, 0.1) is 35.5 Å². The maximum Gasteiger partial charge on any atom is 0.310 e. The number of hydrogen-bond donors (Lipinski definition) is 2. The summed E-state index contributed by atoms with van der Waals surface area (Å²) < 4.78 is 5.68. The summed E-state index contributed by atoms with van der Waals surface area (Å²) in [4.78, 5) is 46.7. The molecule has 6 unspecified atom stereocenters. The van der Waals surface area contributed by atoms with Crippen molar-refractivity contribution < 1.29 is 39.1 Å². The molecule has 0 amide bonds. The highest BCUT2D eigenvalue weighted by Crippen LogP contribution is 2.36. The second-order valence-corrected chi connectivity index (χ2v) is 10.3. The number of esters is 1. The highest BCUT2D eigenvalue weighted by Gasteiger charge is 2.40. The smallest absolute Gasteiger partial charge is 0.310 e. The molecule has 3 aliphatic carbocycles. The molecule has 0 heterocycles. The van der Waals surface area contributed by atoms with Gasteiger partial charge in [-0.15, -0.1) is 0 Å². The predicted molar refractivity (Wildman–Crippen MR) is 114 cm³/mol. The molecule has 0 saturated heterocycles. The van der Waals surface area contributed by atoms with E-state index in [9.17, 15) is 24.6 Å². The molecule has 3 saturated carbocycles. The lowest BCUT2D eigenvalue weighted by Crippen LogP contribution is -2.38. The van der Waals surface area contributed by atoms with Crippen LogP contribution in [0.1, 0.15) is 78.1 Å². The third-order valence-corrected chi connectivity index (χ3v) is 7.70. The molecule has 182 valence electrons. The SMILES string of the molecule is CC1CCC(COOC2CCC(OC(=O)C3CCC(C)CC3C(=O)O)CC2)C(C(=O)O)C1. The van der Waals surface area contributed by atoms with Gasteiger partial charge < -0.3 is 14.9 Å². The number of carbonyl (C=O) groups excluding carboxylic acids is 1. The molecule has 6 atom stereocenters. The summed E-state index contributed by atoms with van der Waals surface area (Å²) in [6.07, 6.45) is 6.84. The minimum absolute atomic E-state index is 0.0265. The number of hydrogen-bond acceptors (Lipinski definition) is 6. The highest BCUT2D eigenvalue weighted by molar-refractivity contribution is 5.81. The quantitative estimate of drug-likeness (QED) is 0.320. The monoisotopic (exact) mass is 454 g/mol. The molecule has 8 heteroatoms. The van der Waals surface area contributed by atoms with Crippen LogP contribution in [0.4, 0.5) is 0 Å². The Balaban J connectivity index is 1.37. The zero-order valence-electron chi connectivity index (χ0n) is 19.2. The number of rotatable bonds is 8. The molecule has 32 heavy (non-hydrogen) atoms. The van der Waals surface area contributed by atoms with E-state index in [-0.39, 0.29) is 36.6 Å². The molecule has 0 aromatic rings. The van der Waals surface area contributed by atoms with E-state index in [4.69, 9.17) is 14.5 Å². The minimum Gasteiger partial charge on any atom is -0.481 e. The van der Waals surface area contributed by atoms with Gasteiger partial charge in [-0.2, -0.15) is 0 Å². The van der Waals surface area contributed by atoms with Gasteiger partial charge in [0.15, 0.2) is 0 Å². The van der Waals surface area contributed by atoms with Crippen molar-refractivity contribution in [2.45, 2.75) is 90.3 Å². The van der Waals surface area contributed by atoms with Gasteiger partial charge >= 0.3 is 17.9 Å². The fourth-order valence-electron chi connectivity index (χ4n) is 5.60. The van der Waals surface area contributed by atoms with Gasteiger partial charge in [-0.05, 0) is 75.5 Å². The van der Waals surface area contributed by atoms with E-state index in [1.807, 2.05) is 6.92 Å². The van der Waals surface area contributed by atoms with Crippen LogP contribution >= 0.6 is 0 Å². The van der Waals surface area contributed by atoms with Gasteiger partial charge in [-0.1, -0.05) is 20.3 Å². The second-order valence-electron chi connectivity index (χ2n) is 10.3. The number of aliphatic carboxylic acids is 2. The fraction of sp³-hybridized carbons (Fsp3) is 0.875. The Hall–Kier alpha value is -1.67. The van der Waals surface area contributed by atoms with Crippen molar-refractivity contribution in [1.82, 2.24) is 0 Å². The Kier molecular flexibility index (Phi) is 8.94. The summed E-state index contributed by atoms with van der Waals surface area (Å²) in [5.74, 6) is -2.93. The van der Waals surface area contributed by atoms with Crippen molar-refractivity contribution in [3.63, 3.8) is 0 Å². The number of carboxylic acids is 2. The van der Waals surface area contributed by atoms with Gasteiger partial charge in [0, 0.05) is 0 Å². The Morgan fingerprint density at radius 3 is 1.91 bits per heavy atom. The first-order chi connectivity index (χ1) is 15.2. The molecule has 3 fully saturated rings. The predicted octanol–water partition coefficient (Wildman–Crippen LogP) is 4.06. The molecule has 2 N–H and O–H groups in total. The van der Waals surface area contributed by atoms with Crippen LogP contribution in [-0.2, 0) is 28.9 Å². The van der Waals surface area contributed by atoms with Crippen LogP contribution in [0.25, 0.3) is 0 Å². The van der Waals surface area contributed by atoms with E-state index in [0.717, 1.165) is 19.3 Å². The van der Waals surface area contributed by atoms with Gasteiger partial charge in [0.1, 0.15) is 6.10 Å². The molecule has 0 aliphatic heterocycles. The third kappa shape index (κ3) is 6.67. The van der Waals surface area contributed by atoms with Gasteiger partial charge in [-0.25, -0.2) is 9.78 Å². The van der Waals surface area contributed by atoms with Crippen LogP contribution < -0.4 is 0 Å². The molecule has 0 spiro atoms. The molecule has 3 rings (SSSR count). The van der Waals surface area contributed by atoms with Crippen molar-refractivity contribution in [2.75, 3.05) is 6.61 Å². The van der Waals surface area contributed by atoms with Gasteiger partial charge in [0.2, 0.25) is 0 Å². The molecule has 0 bridgehead atoms. The molecule has 0 radical (unpaired) electrons. The van der Waals surface area contributed by atoms with Crippen LogP contribution in [-0.4, -0.2) is 46.9 Å². The lowest BCUT2D eigenvalue weighted by Gasteiger charge is -2.34. The van der Waals surface area contributed by atoms with E-state index in [2.05, 4.69) is 6.92 Å². The fourth-order valence-corrected chi connectivity index (χ4v) is 5.60. The summed E-state index contributed by atoms with van der Waals surface area (Å²) >= 11 is 0. The molecule has 0 aromatic heterocycles. The Morgan fingerprint density at radius 1 is 0.719 bits per heavy atom. The molecule has 8 nitrogen and oxygen atoms in total. The van der Waals surface area contributed by atoms with E-state index in [0.29, 0.717) is 56.8 Å². The number of ether oxygens (including phenoxy) is 1. The molecular weight excluding hydrogens is 416 g/mol. The second kappa shape index (κ2) is 11.5. The van der Waals surface area contributed by atoms with E-state index in [1.54, 1.807) is 0 Å². The maximum atomic E-state index is 12.6. The van der Waals surface area contributed by atoms with E-state index >= 15 is 0 Å². The zero-order valence-corrected chi connectivity index (χ0v) is 19.2. The maximum absolute atomic E-state index is 12.6. The van der Waals surface area contributed by atoms with Crippen molar-refractivity contribution in [3.05, 3.63) is 0 Å². The van der Waals surface area contributed by atoms with Crippen LogP contribution in [0.5, 0.6) is 0 Å². The van der Waals surface area contributed by atoms with Gasteiger partial charge in [0.05, 0.1) is 30.5 Å². The van der Waals surface area contributed by atoms with E-state index < -0.39 is 23.8 Å². The summed E-state index contributed by atoms with van der Waals surface area (Å²) in [6.45, 7) is 4.40. The standard InChI is InChI=1S/C24H38O8/c1-14-3-5-16(20(11-14)22(25)26)13-30-32-18-8-6-17(7-9-18)31-24(29)19-10-4-15(2)12-21(19)23(27)28/h14-21H,3-13H2,1-2H3,(H,25,26)(H,27,28). The largest absolute Gasteiger partial charge is 0.481 e. The number of carbonyl (C=O) groups is 3. The first kappa shape index (κ1) is 25.0. The third-order valence-electron chi connectivity index (χ3n) is 7.70. The summed E-state index contributed by atoms with van der Waals surface area (Å²) in [5.41, 5.74) is 0. The summed E-state index contributed by atoms with van der Waals surface area (Å²) in [7, 11) is 0. The van der Waals surface area contributed by atoms with Crippen LogP contribution in [0.2, 0.25) is 0 Å². The van der Waals surface area contributed by atoms with E-state index in [1.165, 1.54) is 0 Å². The van der Waals surface area contributed by atoms with Crippen molar-refractivity contribution in [3.8, 4) is 0 Å². The minimum atomic E-state index is -0.912. The van der Waals surface area contributed by atoms with Crippen molar-refractivity contribution in [1.29, 1.82) is 0 Å². The molecular formula is C24H38O8. The van der Waals surface area contributed by atoms with Crippen molar-refractivity contribution in [2.24, 2.45) is 35.5 Å². The Labute approximate surface area is 189 Å². The van der Waals surface area contributed by atoms with Gasteiger partial charge in [-0.3, -0.25) is 14.4 Å². The first-order valence-corrected chi connectivity index (χ1v) is 12.2. The lowest BCUT2D eigenvalue weighted by molar-refractivity contribution is -0.338. The average Bonchev–Trinajstić information content (AvgIpc) is 2.75. The molecule has 0 aromatic carbocycles. The number of carboxylic acid groups (broad SMARTS) is 2. The summed E-state index contributed by atoms with van der Waals surface area (Å²) in [6, 6.07) is 0. The average molecular weight is 455 g/mol. The normalized spacial score (nSPS) is 38.1. The van der Waals surface area contributed by atoms with Crippen molar-refractivity contribution >= 4 is 17.9 Å². The van der Waals surface area contributed by atoms with Gasteiger partial charge in [0.25, 0.3) is 0 Å². The lowest BCUT2D eigenvalue weighted by atomic mass is 9.74. The highest BCUT2D eigenvalue weighted by atomic mass is 17.2. The topological polar surface area (TPSA) is 119 Å². The molecule has 3 aliphatic rings. The Morgan fingerprint density at radius 2 is 1.28 bits per heavy atom.